The van der Waals surface area contributed by atoms with Crippen molar-refractivity contribution in [2.45, 2.75) is 204 Å². The minimum absolute atomic E-state index is 0.136. The van der Waals surface area contributed by atoms with Gasteiger partial charge in [0, 0.05) is 6.42 Å². The highest BCUT2D eigenvalue weighted by Crippen LogP contribution is 2.23. The molecule has 9 heteroatoms. The standard InChI is InChI=1S/C35H69NO8/c1-3-5-7-8-9-10-11-12-13-14-15-16-17-18-19-20-21-23-24-29(38)28(36-31(39)25-22-6-4-2)27-43-35-34(42)33(41)32(40)30(26-37)44-35/h28-30,32-35,37-38,40-42H,3-27H2,1-2H3,(H,36,39). The third-order valence-corrected chi connectivity index (χ3v) is 8.96. The number of amides is 1. The lowest BCUT2D eigenvalue weighted by atomic mass is 9.99. The molecule has 1 fully saturated rings. The number of hydrogen-bond donors (Lipinski definition) is 6. The molecule has 1 aliphatic heterocycles. The number of rotatable bonds is 29. The first-order valence-electron chi connectivity index (χ1n) is 18.2. The molecule has 262 valence electrons. The number of ether oxygens (including phenoxy) is 2. The van der Waals surface area contributed by atoms with E-state index in [1.807, 2.05) is 0 Å². The van der Waals surface area contributed by atoms with E-state index >= 15 is 0 Å². The van der Waals surface area contributed by atoms with E-state index in [9.17, 15) is 30.3 Å². The van der Waals surface area contributed by atoms with Gasteiger partial charge in [-0.15, -0.1) is 0 Å². The fraction of sp³-hybridized carbons (Fsp3) is 0.971. The molecular formula is C35H69NO8. The second-order valence-corrected chi connectivity index (χ2v) is 13.0. The Morgan fingerprint density at radius 2 is 1.14 bits per heavy atom. The van der Waals surface area contributed by atoms with Crippen LogP contribution in [0, 0.1) is 0 Å². The molecule has 0 saturated carbocycles. The van der Waals surface area contributed by atoms with Gasteiger partial charge in [-0.05, 0) is 12.8 Å². The summed E-state index contributed by atoms with van der Waals surface area (Å²) in [5.74, 6) is -0.169. The van der Waals surface area contributed by atoms with Gasteiger partial charge in [0.25, 0.3) is 0 Å². The Kier molecular flexibility index (Phi) is 25.6. The molecule has 6 N–H and O–H groups in total. The number of carbonyl (C=O) groups excluding carboxylic acids is 1. The summed E-state index contributed by atoms with van der Waals surface area (Å²) in [5.41, 5.74) is 0. The van der Waals surface area contributed by atoms with Crippen molar-refractivity contribution >= 4 is 5.91 Å². The van der Waals surface area contributed by atoms with Gasteiger partial charge in [-0.1, -0.05) is 142 Å². The number of carbonyl (C=O) groups is 1. The topological polar surface area (TPSA) is 149 Å². The molecule has 9 nitrogen and oxygen atoms in total. The molecule has 0 bridgehead atoms. The average Bonchev–Trinajstić information content (AvgIpc) is 3.02. The fourth-order valence-corrected chi connectivity index (χ4v) is 5.92. The number of aliphatic hydroxyl groups is 5. The summed E-state index contributed by atoms with van der Waals surface area (Å²) in [5, 5.41) is 53.5. The highest BCUT2D eigenvalue weighted by molar-refractivity contribution is 5.76. The lowest BCUT2D eigenvalue weighted by Crippen LogP contribution is -2.60. The van der Waals surface area contributed by atoms with Crippen LogP contribution in [0.1, 0.15) is 162 Å². The Labute approximate surface area is 268 Å². The lowest BCUT2D eigenvalue weighted by Gasteiger charge is -2.40. The van der Waals surface area contributed by atoms with E-state index in [0.717, 1.165) is 38.5 Å². The van der Waals surface area contributed by atoms with Gasteiger partial charge in [-0.3, -0.25) is 4.79 Å². The van der Waals surface area contributed by atoms with Crippen molar-refractivity contribution in [1.29, 1.82) is 0 Å². The van der Waals surface area contributed by atoms with E-state index in [2.05, 4.69) is 19.2 Å². The fourth-order valence-electron chi connectivity index (χ4n) is 5.92. The minimum atomic E-state index is -1.54. The van der Waals surface area contributed by atoms with E-state index in [1.54, 1.807) is 0 Å². The quantitative estimate of drug-likeness (QED) is 0.0580. The largest absolute Gasteiger partial charge is 0.394 e. The first-order chi connectivity index (χ1) is 21.3. The van der Waals surface area contributed by atoms with E-state index in [0.29, 0.717) is 12.8 Å². The third-order valence-electron chi connectivity index (χ3n) is 8.96. The number of hydrogen-bond acceptors (Lipinski definition) is 8. The molecule has 1 heterocycles. The molecule has 0 aromatic rings. The van der Waals surface area contributed by atoms with Crippen molar-refractivity contribution < 1.29 is 39.8 Å². The van der Waals surface area contributed by atoms with Gasteiger partial charge >= 0.3 is 0 Å². The predicted molar refractivity (Wildman–Crippen MR) is 175 cm³/mol. The van der Waals surface area contributed by atoms with Crippen molar-refractivity contribution in [3.05, 3.63) is 0 Å². The SMILES string of the molecule is CCCCCCCCCCCCCCCCCCCCC(O)C(COC1OC(CO)C(O)C(O)C1O)NC(=O)CCCCC. The Hall–Kier alpha value is -0.810. The van der Waals surface area contributed by atoms with Gasteiger partial charge in [0.1, 0.15) is 24.4 Å². The van der Waals surface area contributed by atoms with Gasteiger partial charge in [0.2, 0.25) is 5.91 Å². The Morgan fingerprint density at radius 3 is 1.61 bits per heavy atom. The van der Waals surface area contributed by atoms with Crippen LogP contribution >= 0.6 is 0 Å². The molecule has 7 unspecified atom stereocenters. The number of nitrogens with one attached hydrogen (secondary N) is 1. The van der Waals surface area contributed by atoms with Crippen molar-refractivity contribution in [3.63, 3.8) is 0 Å². The van der Waals surface area contributed by atoms with Crippen molar-refractivity contribution in [3.8, 4) is 0 Å². The smallest absolute Gasteiger partial charge is 0.220 e. The molecule has 0 radical (unpaired) electrons. The Morgan fingerprint density at radius 1 is 0.682 bits per heavy atom. The van der Waals surface area contributed by atoms with Gasteiger partial charge in [-0.2, -0.15) is 0 Å². The van der Waals surface area contributed by atoms with Gasteiger partial charge in [-0.25, -0.2) is 0 Å². The van der Waals surface area contributed by atoms with E-state index in [-0.39, 0.29) is 12.5 Å². The van der Waals surface area contributed by atoms with Crippen LogP contribution in [-0.2, 0) is 14.3 Å². The van der Waals surface area contributed by atoms with Crippen LogP contribution in [0.5, 0.6) is 0 Å². The molecule has 1 amide bonds. The Balaban J connectivity index is 2.24. The average molecular weight is 632 g/mol. The number of unbranched alkanes of at least 4 members (excludes halogenated alkanes) is 19. The van der Waals surface area contributed by atoms with Crippen molar-refractivity contribution in [1.82, 2.24) is 5.32 Å². The van der Waals surface area contributed by atoms with Gasteiger partial charge in [0.15, 0.2) is 6.29 Å². The monoisotopic (exact) mass is 632 g/mol. The third kappa shape index (κ3) is 19.0. The lowest BCUT2D eigenvalue weighted by molar-refractivity contribution is -0.302. The normalized spacial score (nSPS) is 23.5. The number of aliphatic hydroxyl groups excluding tert-OH is 5. The summed E-state index contributed by atoms with van der Waals surface area (Å²) in [4.78, 5) is 12.5. The van der Waals surface area contributed by atoms with Gasteiger partial charge in [0.05, 0.1) is 25.4 Å². The van der Waals surface area contributed by atoms with Crippen LogP contribution < -0.4 is 5.32 Å². The molecule has 0 spiro atoms. The Bertz CT molecular complexity index is 667. The highest BCUT2D eigenvalue weighted by Gasteiger charge is 2.44. The molecule has 1 rings (SSSR count). The van der Waals surface area contributed by atoms with Crippen molar-refractivity contribution in [2.24, 2.45) is 0 Å². The second-order valence-electron chi connectivity index (χ2n) is 13.0. The van der Waals surface area contributed by atoms with E-state index < -0.39 is 49.5 Å². The molecule has 1 saturated heterocycles. The van der Waals surface area contributed by atoms with Crippen LogP contribution in [0.25, 0.3) is 0 Å². The second kappa shape index (κ2) is 27.3. The zero-order valence-corrected chi connectivity index (χ0v) is 28.2. The zero-order valence-electron chi connectivity index (χ0n) is 28.2. The first-order valence-corrected chi connectivity index (χ1v) is 18.2. The highest BCUT2D eigenvalue weighted by atomic mass is 16.7. The van der Waals surface area contributed by atoms with E-state index in [1.165, 1.54) is 96.3 Å². The van der Waals surface area contributed by atoms with Crippen molar-refractivity contribution in [2.75, 3.05) is 13.2 Å². The van der Waals surface area contributed by atoms with Gasteiger partial charge < -0.3 is 40.3 Å². The maximum atomic E-state index is 12.5. The summed E-state index contributed by atoms with van der Waals surface area (Å²) in [7, 11) is 0. The molecule has 0 aliphatic carbocycles. The van der Waals surface area contributed by atoms with Crippen LogP contribution in [0.2, 0.25) is 0 Å². The van der Waals surface area contributed by atoms with E-state index in [4.69, 9.17) is 9.47 Å². The molecule has 44 heavy (non-hydrogen) atoms. The maximum absolute atomic E-state index is 12.5. The van der Waals surface area contributed by atoms with Crippen LogP contribution in [0.4, 0.5) is 0 Å². The summed E-state index contributed by atoms with van der Waals surface area (Å²) in [6, 6.07) is -0.706. The summed E-state index contributed by atoms with van der Waals surface area (Å²) >= 11 is 0. The molecule has 0 aromatic carbocycles. The maximum Gasteiger partial charge on any atom is 0.220 e. The molecule has 0 aromatic heterocycles. The molecular weight excluding hydrogens is 562 g/mol. The molecule has 7 atom stereocenters. The summed E-state index contributed by atoms with van der Waals surface area (Å²) < 4.78 is 11.1. The van der Waals surface area contributed by atoms with Crippen LogP contribution in [0.3, 0.4) is 0 Å². The van der Waals surface area contributed by atoms with Crippen LogP contribution in [0.15, 0.2) is 0 Å². The first kappa shape index (κ1) is 41.2. The predicted octanol–water partition coefficient (Wildman–Crippen LogP) is 5.66. The summed E-state index contributed by atoms with van der Waals surface area (Å²) in [6.45, 7) is 3.65. The summed E-state index contributed by atoms with van der Waals surface area (Å²) in [6.07, 6.45) is 19.1. The van der Waals surface area contributed by atoms with Crippen LogP contribution in [-0.4, -0.2) is 87.5 Å². The molecule has 1 aliphatic rings. The minimum Gasteiger partial charge on any atom is -0.394 e. The zero-order chi connectivity index (χ0) is 32.4.